The Labute approximate surface area is 280 Å². The Balaban J connectivity index is 1.64. The van der Waals surface area contributed by atoms with Crippen molar-refractivity contribution in [3.05, 3.63) is 106 Å². The number of methoxy groups -OCH3 is 2. The number of nitrogens with one attached hydrogen (secondary N) is 2. The molecular weight excluding hydrogens is 600 g/mol. The highest BCUT2D eigenvalue weighted by Gasteiger charge is 2.22. The van der Waals surface area contributed by atoms with E-state index in [1.165, 1.54) is 14.2 Å². The van der Waals surface area contributed by atoms with E-state index >= 15 is 0 Å². The van der Waals surface area contributed by atoms with Crippen LogP contribution in [0.25, 0.3) is 56.5 Å². The highest BCUT2D eigenvalue weighted by Crippen LogP contribution is 2.38. The molecule has 0 fully saturated rings. The van der Waals surface area contributed by atoms with Gasteiger partial charge in [0.2, 0.25) is 0 Å². The molecule has 0 amide bonds. The lowest BCUT2D eigenvalue weighted by atomic mass is 9.98. The molecule has 0 unspecified atom stereocenters. The van der Waals surface area contributed by atoms with Crippen LogP contribution in [0.4, 0.5) is 0 Å². The topological polar surface area (TPSA) is 110 Å². The summed E-state index contributed by atoms with van der Waals surface area (Å²) in [6.45, 7) is 8.29. The quantitative estimate of drug-likeness (QED) is 0.186. The van der Waals surface area contributed by atoms with Crippen molar-refractivity contribution < 1.29 is 19.1 Å². The smallest absolute Gasteiger partial charge is 0.305 e. The van der Waals surface area contributed by atoms with Gasteiger partial charge in [0.15, 0.2) is 0 Å². The molecule has 8 bridgehead atoms. The van der Waals surface area contributed by atoms with E-state index in [4.69, 9.17) is 19.4 Å². The van der Waals surface area contributed by atoms with Gasteiger partial charge in [0.05, 0.1) is 37.0 Å². The molecule has 2 N–H and O–H groups in total. The predicted octanol–water partition coefficient (Wildman–Crippen LogP) is 8.87. The number of esters is 2. The van der Waals surface area contributed by atoms with E-state index < -0.39 is 0 Å². The van der Waals surface area contributed by atoms with E-state index in [2.05, 4.69) is 66.3 Å². The zero-order valence-corrected chi connectivity index (χ0v) is 28.3. The Morgan fingerprint density at radius 3 is 1.88 bits per heavy atom. The lowest BCUT2D eigenvalue weighted by Crippen LogP contribution is -2.01. The third kappa shape index (κ3) is 6.65. The number of hydrogen-bond acceptors (Lipinski definition) is 6. The number of aryl methyl sites for hydroxylation is 2. The Kier molecular flexibility index (Phi) is 9.26. The van der Waals surface area contributed by atoms with Gasteiger partial charge in [0.1, 0.15) is 0 Å². The molecule has 2 aliphatic heterocycles. The Bertz CT molecular complexity index is 2180. The highest BCUT2D eigenvalue weighted by atomic mass is 16.5. The van der Waals surface area contributed by atoms with Crippen LogP contribution in [0.15, 0.2) is 60.7 Å². The molecule has 0 saturated carbocycles. The molecule has 8 nitrogen and oxygen atoms in total. The first-order valence-electron chi connectivity index (χ1n) is 16.1. The van der Waals surface area contributed by atoms with Crippen LogP contribution in [0.5, 0.6) is 0 Å². The summed E-state index contributed by atoms with van der Waals surface area (Å²) < 4.78 is 9.92. The van der Waals surface area contributed by atoms with E-state index in [0.29, 0.717) is 12.8 Å². The summed E-state index contributed by atoms with van der Waals surface area (Å²) in [6, 6.07) is 20.7. The monoisotopic (exact) mass is 640 g/mol. The highest BCUT2D eigenvalue weighted by molar-refractivity contribution is 5.97. The minimum absolute atomic E-state index is 0.231. The molecule has 0 radical (unpaired) electrons. The normalized spacial score (nSPS) is 13.0. The molecular formula is C40H40N4O4. The van der Waals surface area contributed by atoms with Gasteiger partial charge in [-0.1, -0.05) is 42.5 Å². The largest absolute Gasteiger partial charge is 0.469 e. The van der Waals surface area contributed by atoms with Gasteiger partial charge in [-0.2, -0.15) is 0 Å². The Morgan fingerprint density at radius 2 is 1.27 bits per heavy atom. The average Bonchev–Trinajstić information content (AvgIpc) is 3.76. The molecule has 48 heavy (non-hydrogen) atoms. The summed E-state index contributed by atoms with van der Waals surface area (Å²) in [4.78, 5) is 41.9. The van der Waals surface area contributed by atoms with Gasteiger partial charge in [-0.15, -0.1) is 0 Å². The molecule has 0 spiro atoms. The predicted molar refractivity (Wildman–Crippen MR) is 193 cm³/mol. The van der Waals surface area contributed by atoms with Gasteiger partial charge in [-0.3, -0.25) is 9.59 Å². The van der Waals surface area contributed by atoms with E-state index in [0.717, 1.165) is 89.4 Å². The molecule has 1 aromatic carbocycles. The SMILES string of the molecule is COC(=O)CCC1=C(C)c2cc3cc(C)c(cc4[nH]c(cc5nc(cc1n2)C(CCC(=O)OC)=C5C)c(C)c4/C=C/c1ccccc1)[nH]3. The molecule has 244 valence electrons. The fraction of sp³-hybridized carbons (Fsp3) is 0.250. The zero-order valence-electron chi connectivity index (χ0n) is 28.3. The lowest BCUT2D eigenvalue weighted by Gasteiger charge is -2.06. The minimum atomic E-state index is -0.279. The van der Waals surface area contributed by atoms with Crippen LogP contribution in [0.3, 0.4) is 0 Å². The third-order valence-corrected chi connectivity index (χ3v) is 9.21. The van der Waals surface area contributed by atoms with Crippen LogP contribution in [-0.2, 0) is 19.1 Å². The van der Waals surface area contributed by atoms with Gasteiger partial charge in [0.25, 0.3) is 0 Å². The molecule has 0 saturated heterocycles. The fourth-order valence-electron chi connectivity index (χ4n) is 6.32. The summed E-state index contributed by atoms with van der Waals surface area (Å²) in [5, 5.41) is 0. The standard InChI is InChI=1S/C40H40N4O4/c1-23-18-28-19-33-24(2)30(14-16-39(45)47-5)37(42-33)22-38-31(15-17-40(46)48-6)26(4)35(44-38)21-34-25(3)29(36(43-34)20-32(23)41-28)13-12-27-10-8-7-9-11-27/h7-13,18-22,41,43H,14-17H2,1-6H3/b13-12+,28-19?,32-20?,33-19?,34-21?,35-21?,36-20?,37-22?,38-22?. The van der Waals surface area contributed by atoms with E-state index in [9.17, 15) is 9.59 Å². The molecule has 6 rings (SSSR count). The first kappa shape index (κ1) is 32.4. The van der Waals surface area contributed by atoms with Gasteiger partial charge in [-0.05, 0) is 110 Å². The maximum absolute atomic E-state index is 12.2. The van der Waals surface area contributed by atoms with Crippen molar-refractivity contribution in [3.8, 4) is 0 Å². The Hall–Kier alpha value is -5.50. The van der Waals surface area contributed by atoms with Crippen molar-refractivity contribution >= 4 is 68.4 Å². The maximum Gasteiger partial charge on any atom is 0.305 e. The molecule has 2 aliphatic rings. The molecule has 3 aromatic heterocycles. The first-order valence-corrected chi connectivity index (χ1v) is 16.1. The van der Waals surface area contributed by atoms with Crippen molar-refractivity contribution in [3.63, 3.8) is 0 Å². The van der Waals surface area contributed by atoms with Gasteiger partial charge >= 0.3 is 11.9 Å². The number of ether oxygens (including phenoxy) is 2. The van der Waals surface area contributed by atoms with E-state index in [1.54, 1.807) is 0 Å². The molecule has 8 heteroatoms. The zero-order chi connectivity index (χ0) is 33.9. The molecule has 0 aliphatic carbocycles. The third-order valence-electron chi connectivity index (χ3n) is 9.21. The maximum atomic E-state index is 12.2. The van der Waals surface area contributed by atoms with Crippen molar-refractivity contribution in [2.24, 2.45) is 0 Å². The number of aromatic amines is 2. The summed E-state index contributed by atoms with van der Waals surface area (Å²) >= 11 is 0. The second-order valence-electron chi connectivity index (χ2n) is 12.3. The molecule has 4 aromatic rings. The number of rotatable bonds is 8. The van der Waals surface area contributed by atoms with Gasteiger partial charge in [0, 0.05) is 40.5 Å². The van der Waals surface area contributed by atoms with E-state index in [1.807, 2.05) is 44.2 Å². The van der Waals surface area contributed by atoms with Crippen LogP contribution >= 0.6 is 0 Å². The van der Waals surface area contributed by atoms with Crippen molar-refractivity contribution in [1.82, 2.24) is 19.9 Å². The summed E-state index contributed by atoms with van der Waals surface area (Å²) in [7, 11) is 2.81. The summed E-state index contributed by atoms with van der Waals surface area (Å²) in [6.07, 6.45) is 5.70. The van der Waals surface area contributed by atoms with Gasteiger partial charge < -0.3 is 19.4 Å². The number of aromatic nitrogens is 4. The average molecular weight is 641 g/mol. The van der Waals surface area contributed by atoms with Crippen molar-refractivity contribution in [2.75, 3.05) is 14.2 Å². The fourth-order valence-corrected chi connectivity index (χ4v) is 6.32. The molecule has 5 heterocycles. The summed E-state index contributed by atoms with van der Waals surface area (Å²) in [5.41, 5.74) is 15.3. The van der Waals surface area contributed by atoms with Crippen LogP contribution in [-0.4, -0.2) is 46.1 Å². The number of fused-ring (bicyclic) bond motifs is 8. The van der Waals surface area contributed by atoms with Crippen LogP contribution < -0.4 is 0 Å². The first-order chi connectivity index (χ1) is 23.1. The van der Waals surface area contributed by atoms with Crippen molar-refractivity contribution in [1.29, 1.82) is 0 Å². The van der Waals surface area contributed by atoms with E-state index in [-0.39, 0.29) is 24.8 Å². The number of allylic oxidation sites excluding steroid dienone is 4. The number of H-pyrrole nitrogens is 2. The second-order valence-corrected chi connectivity index (χ2v) is 12.3. The van der Waals surface area contributed by atoms with Crippen molar-refractivity contribution in [2.45, 2.75) is 53.4 Å². The summed E-state index contributed by atoms with van der Waals surface area (Å²) in [5.74, 6) is -0.555. The number of hydrogen-bond donors (Lipinski definition) is 2. The number of benzene rings is 1. The lowest BCUT2D eigenvalue weighted by molar-refractivity contribution is -0.141. The van der Waals surface area contributed by atoms with Crippen LogP contribution in [0, 0.1) is 13.8 Å². The minimum Gasteiger partial charge on any atom is -0.469 e. The number of nitrogens with zero attached hydrogens (tertiary/aromatic N) is 2. The number of carbonyl (C=O) groups is 2. The van der Waals surface area contributed by atoms with Crippen LogP contribution in [0.2, 0.25) is 0 Å². The molecule has 0 atom stereocenters. The Morgan fingerprint density at radius 1 is 0.667 bits per heavy atom. The van der Waals surface area contributed by atoms with Crippen LogP contribution in [0.1, 0.15) is 84.6 Å². The second kappa shape index (κ2) is 13.7. The van der Waals surface area contributed by atoms with Gasteiger partial charge in [-0.25, -0.2) is 9.97 Å². The number of carbonyl (C=O) groups excluding carboxylic acids is 2.